The van der Waals surface area contributed by atoms with E-state index in [1.54, 1.807) is 6.20 Å². The average Bonchev–Trinajstić information content (AvgIpc) is 2.14. The lowest BCUT2D eigenvalue weighted by Crippen LogP contribution is -2.50. The summed E-state index contributed by atoms with van der Waals surface area (Å²) in [4.78, 5) is 5.61. The molecule has 0 atom stereocenters. The maximum absolute atomic E-state index is 13.2. The Morgan fingerprint density at radius 1 is 0.938 bits per heavy atom. The van der Waals surface area contributed by atoms with E-state index in [4.69, 9.17) is 0 Å². The molecule has 0 amide bonds. The van der Waals surface area contributed by atoms with E-state index in [0.29, 0.717) is 6.33 Å². The fourth-order valence-electron chi connectivity index (χ4n) is 0.900. The third-order valence-corrected chi connectivity index (χ3v) is 1.66. The third kappa shape index (κ3) is 1.81. The first-order valence-corrected chi connectivity index (χ1v) is 3.61. The van der Waals surface area contributed by atoms with Gasteiger partial charge < -0.3 is 0 Å². The number of aromatic nitrogens is 2. The van der Waals surface area contributed by atoms with E-state index in [2.05, 4.69) is 9.97 Å². The summed E-state index contributed by atoms with van der Waals surface area (Å²) in [7, 11) is 0. The number of hydrogen-bond donors (Lipinski definition) is 0. The summed E-state index contributed by atoms with van der Waals surface area (Å²) < 4.78 is 85.9. The highest BCUT2D eigenvalue weighted by Gasteiger charge is 2.74. The molecule has 1 aromatic heterocycles. The summed E-state index contributed by atoms with van der Waals surface area (Å²) in [5.41, 5.74) is -7.36. The molecule has 2 nitrogen and oxygen atoms in total. The Kier molecular flexibility index (Phi) is 2.82. The minimum absolute atomic E-state index is 0.0982. The lowest BCUT2D eigenvalue weighted by Gasteiger charge is -2.28. The van der Waals surface area contributed by atoms with Gasteiger partial charge in [0.15, 0.2) is 0 Å². The van der Waals surface area contributed by atoms with Crippen molar-refractivity contribution in [2.75, 3.05) is 0 Å². The number of rotatable bonds is 1. The fraction of sp³-hybridized carbons (Fsp3) is 0.429. The summed E-state index contributed by atoms with van der Waals surface area (Å²) in [5, 5.41) is 0. The monoisotopic (exact) mass is 247 g/mol. The van der Waals surface area contributed by atoms with Crippen molar-refractivity contribution in [2.45, 2.75) is 18.0 Å². The lowest BCUT2D eigenvalue weighted by atomic mass is 10.0. The Hall–Kier alpha value is -1.41. The molecule has 9 heteroatoms. The normalized spacial score (nSPS) is 13.9. The topological polar surface area (TPSA) is 25.8 Å². The van der Waals surface area contributed by atoms with Crippen molar-refractivity contribution < 1.29 is 30.7 Å². The second-order valence-corrected chi connectivity index (χ2v) is 2.69. The van der Waals surface area contributed by atoms with Crippen LogP contribution in [-0.2, 0) is 5.67 Å². The van der Waals surface area contributed by atoms with Gasteiger partial charge in [-0.15, -0.1) is 0 Å². The number of nitrogens with zero attached hydrogens (tertiary/aromatic N) is 2. The molecule has 1 radical (unpaired) electrons. The molecule has 0 saturated carbocycles. The Morgan fingerprint density at radius 3 is 1.75 bits per heavy atom. The van der Waals surface area contributed by atoms with Crippen molar-refractivity contribution in [3.63, 3.8) is 0 Å². The van der Waals surface area contributed by atoms with Gasteiger partial charge in [-0.1, -0.05) is 0 Å². The second-order valence-electron chi connectivity index (χ2n) is 2.69. The van der Waals surface area contributed by atoms with Gasteiger partial charge in [0.1, 0.15) is 12.0 Å². The predicted molar refractivity (Wildman–Crippen MR) is 35.8 cm³/mol. The van der Waals surface area contributed by atoms with Gasteiger partial charge in [-0.05, 0) is 6.07 Å². The maximum Gasteiger partial charge on any atom is 0.437 e. The SMILES string of the molecule is FC(F)(F)C(F)(c1c[c]ncn1)C(F)(F)F. The molecule has 0 aliphatic carbocycles. The zero-order valence-corrected chi connectivity index (χ0v) is 7.19. The van der Waals surface area contributed by atoms with Crippen molar-refractivity contribution in [1.82, 2.24) is 9.97 Å². The summed E-state index contributed by atoms with van der Waals surface area (Å²) in [5.74, 6) is 0. The lowest BCUT2D eigenvalue weighted by molar-refractivity contribution is -0.350. The van der Waals surface area contributed by atoms with Gasteiger partial charge in [-0.25, -0.2) is 14.4 Å². The van der Waals surface area contributed by atoms with E-state index in [-0.39, 0.29) is 6.07 Å². The highest BCUT2D eigenvalue weighted by molar-refractivity contribution is 5.16. The van der Waals surface area contributed by atoms with Crippen molar-refractivity contribution >= 4 is 0 Å². The van der Waals surface area contributed by atoms with Crippen LogP contribution in [0.3, 0.4) is 0 Å². The van der Waals surface area contributed by atoms with Gasteiger partial charge >= 0.3 is 18.0 Å². The van der Waals surface area contributed by atoms with E-state index in [1.165, 1.54) is 0 Å². The van der Waals surface area contributed by atoms with Crippen LogP contribution in [0.25, 0.3) is 0 Å². The van der Waals surface area contributed by atoms with E-state index in [0.717, 1.165) is 0 Å². The Bertz CT molecular complexity index is 341. The largest absolute Gasteiger partial charge is 0.437 e. The molecule has 0 bridgehead atoms. The fourth-order valence-corrected chi connectivity index (χ4v) is 0.900. The Labute approximate surface area is 84.1 Å². The van der Waals surface area contributed by atoms with Crippen molar-refractivity contribution in [3.8, 4) is 0 Å². The van der Waals surface area contributed by atoms with E-state index in [1.807, 2.05) is 0 Å². The minimum atomic E-state index is -6.16. The van der Waals surface area contributed by atoms with Crippen LogP contribution in [0, 0.1) is 6.20 Å². The molecule has 1 heterocycles. The summed E-state index contributed by atoms with van der Waals surface area (Å²) in [6.45, 7) is 0. The predicted octanol–water partition coefficient (Wildman–Crippen LogP) is 2.57. The van der Waals surface area contributed by atoms with Crippen LogP contribution in [0.1, 0.15) is 5.69 Å². The van der Waals surface area contributed by atoms with Crippen LogP contribution in [-0.4, -0.2) is 22.3 Å². The quantitative estimate of drug-likeness (QED) is 0.713. The van der Waals surface area contributed by atoms with Gasteiger partial charge in [0, 0.05) is 0 Å². The van der Waals surface area contributed by atoms with Crippen molar-refractivity contribution in [2.24, 2.45) is 0 Å². The first-order chi connectivity index (χ1) is 7.11. The van der Waals surface area contributed by atoms with Crippen LogP contribution in [0.15, 0.2) is 12.4 Å². The minimum Gasteiger partial charge on any atom is -0.237 e. The van der Waals surface area contributed by atoms with Crippen LogP contribution in [0.2, 0.25) is 0 Å². The third-order valence-electron chi connectivity index (χ3n) is 1.66. The number of halogens is 7. The molecule has 0 aliphatic rings. The molecular weight excluding hydrogens is 245 g/mol. The molecular formula is C7H2F7N2. The van der Waals surface area contributed by atoms with Crippen LogP contribution < -0.4 is 0 Å². The first kappa shape index (κ1) is 12.7. The van der Waals surface area contributed by atoms with E-state index >= 15 is 0 Å². The number of alkyl halides is 7. The molecule has 1 aromatic rings. The second kappa shape index (κ2) is 3.56. The summed E-state index contributed by atoms with van der Waals surface area (Å²) >= 11 is 0. The van der Waals surface area contributed by atoms with Gasteiger partial charge in [0.05, 0.1) is 6.20 Å². The highest BCUT2D eigenvalue weighted by atomic mass is 19.4. The van der Waals surface area contributed by atoms with Gasteiger partial charge in [0.2, 0.25) is 0 Å². The molecule has 0 fully saturated rings. The van der Waals surface area contributed by atoms with Crippen LogP contribution in [0.4, 0.5) is 30.7 Å². The van der Waals surface area contributed by atoms with E-state index in [9.17, 15) is 30.7 Å². The smallest absolute Gasteiger partial charge is 0.237 e. The molecule has 0 aromatic carbocycles. The van der Waals surface area contributed by atoms with Gasteiger partial charge in [0.25, 0.3) is 0 Å². The van der Waals surface area contributed by atoms with Crippen molar-refractivity contribution in [3.05, 3.63) is 24.3 Å². The van der Waals surface area contributed by atoms with Gasteiger partial charge in [-0.3, -0.25) is 0 Å². The maximum atomic E-state index is 13.2. The molecule has 0 saturated heterocycles. The molecule has 0 unspecified atom stereocenters. The Morgan fingerprint density at radius 2 is 1.44 bits per heavy atom. The molecule has 16 heavy (non-hydrogen) atoms. The van der Waals surface area contributed by atoms with E-state index < -0.39 is 23.7 Å². The number of hydrogen-bond acceptors (Lipinski definition) is 2. The zero-order valence-electron chi connectivity index (χ0n) is 7.19. The zero-order chi connectivity index (χ0) is 12.6. The Balaban J connectivity index is 3.39. The first-order valence-electron chi connectivity index (χ1n) is 3.61. The highest BCUT2D eigenvalue weighted by Crippen LogP contribution is 2.52. The van der Waals surface area contributed by atoms with Gasteiger partial charge in [-0.2, -0.15) is 26.3 Å². The van der Waals surface area contributed by atoms with Crippen molar-refractivity contribution in [1.29, 1.82) is 0 Å². The molecule has 0 aliphatic heterocycles. The van der Waals surface area contributed by atoms with Crippen LogP contribution >= 0.6 is 0 Å². The average molecular weight is 247 g/mol. The molecule has 1 rings (SSSR count). The summed E-state index contributed by atoms with van der Waals surface area (Å²) in [6.07, 6.45) is -10.3. The summed E-state index contributed by atoms with van der Waals surface area (Å²) in [6, 6.07) is 0.0982. The van der Waals surface area contributed by atoms with Crippen LogP contribution in [0.5, 0.6) is 0 Å². The standard InChI is InChI=1S/C7H2F7N2/c8-5(6(9,10)11,7(12,13)14)4-1-2-15-3-16-4/h1,3H. The molecule has 89 valence electrons. The molecule has 0 N–H and O–H groups in total. The molecule has 0 spiro atoms.